The van der Waals surface area contributed by atoms with E-state index in [9.17, 15) is 0 Å². The summed E-state index contributed by atoms with van der Waals surface area (Å²) in [5, 5.41) is 4.70. The van der Waals surface area contributed by atoms with Crippen molar-refractivity contribution >= 4 is 27.3 Å². The minimum Gasteiger partial charge on any atom is -0.363 e. The molecule has 0 N–H and O–H groups in total. The van der Waals surface area contributed by atoms with Crippen molar-refractivity contribution in [1.29, 1.82) is 0 Å². The van der Waals surface area contributed by atoms with Crippen LogP contribution >= 0.6 is 27.3 Å². The molecule has 6 nitrogen and oxygen atoms in total. The smallest absolute Gasteiger partial charge is 0.257 e. The van der Waals surface area contributed by atoms with Gasteiger partial charge in [0.05, 0.1) is 16.1 Å². The fourth-order valence-electron chi connectivity index (χ4n) is 2.11. The van der Waals surface area contributed by atoms with Gasteiger partial charge in [0.25, 0.3) is 5.89 Å². The maximum atomic E-state index is 5.83. The van der Waals surface area contributed by atoms with Crippen LogP contribution in [0.25, 0.3) is 10.8 Å². The Bertz CT molecular complexity index is 563. The molecule has 102 valence electrons. The first-order valence-electron chi connectivity index (χ1n) is 5.91. The lowest BCUT2D eigenvalue weighted by Gasteiger charge is -2.32. The number of likely N-dealkylation sites (N-methyl/N-ethyl adjacent to an activating group) is 1. The number of ether oxygens (including phenoxy) is 1. The van der Waals surface area contributed by atoms with Crippen molar-refractivity contribution in [3.05, 3.63) is 15.9 Å². The Morgan fingerprint density at radius 1 is 1.47 bits per heavy atom. The Morgan fingerprint density at radius 3 is 3.00 bits per heavy atom. The maximum absolute atomic E-state index is 5.83. The quantitative estimate of drug-likeness (QED) is 0.833. The van der Waals surface area contributed by atoms with Gasteiger partial charge in [-0.05, 0) is 29.9 Å². The van der Waals surface area contributed by atoms with Gasteiger partial charge in [-0.1, -0.05) is 5.16 Å². The van der Waals surface area contributed by atoms with E-state index in [-0.39, 0.29) is 12.2 Å². The van der Waals surface area contributed by atoms with Crippen LogP contribution in [-0.2, 0) is 4.74 Å². The molecule has 0 saturated carbocycles. The molecular formula is C11H13BrN4O2S. The SMILES string of the molecule is C[C@@H]1CN(C)C[C@H](c2nc(-c3ncc(Br)s3)no2)O1. The highest BCUT2D eigenvalue weighted by molar-refractivity contribution is 9.11. The van der Waals surface area contributed by atoms with Crippen LogP contribution in [0.1, 0.15) is 18.9 Å². The monoisotopic (exact) mass is 344 g/mol. The Hall–Kier alpha value is -0.830. The van der Waals surface area contributed by atoms with Crippen LogP contribution in [0.5, 0.6) is 0 Å². The van der Waals surface area contributed by atoms with Crippen molar-refractivity contribution in [2.45, 2.75) is 19.1 Å². The Morgan fingerprint density at radius 2 is 2.32 bits per heavy atom. The zero-order valence-electron chi connectivity index (χ0n) is 10.5. The van der Waals surface area contributed by atoms with Crippen molar-refractivity contribution in [2.75, 3.05) is 20.1 Å². The Balaban J connectivity index is 1.81. The van der Waals surface area contributed by atoms with Gasteiger partial charge in [0.2, 0.25) is 5.82 Å². The van der Waals surface area contributed by atoms with Gasteiger partial charge in [0.15, 0.2) is 5.01 Å². The molecule has 1 saturated heterocycles. The number of hydrogen-bond acceptors (Lipinski definition) is 7. The predicted octanol–water partition coefficient (Wildman–Crippen LogP) is 2.35. The molecule has 0 amide bonds. The van der Waals surface area contributed by atoms with Gasteiger partial charge in [-0.3, -0.25) is 0 Å². The van der Waals surface area contributed by atoms with Crippen LogP contribution in [0.15, 0.2) is 14.5 Å². The van der Waals surface area contributed by atoms with Crippen LogP contribution in [0.2, 0.25) is 0 Å². The van der Waals surface area contributed by atoms with Crippen molar-refractivity contribution in [3.8, 4) is 10.8 Å². The highest BCUT2D eigenvalue weighted by Crippen LogP contribution is 2.29. The Kier molecular flexibility index (Phi) is 3.66. The fourth-order valence-corrected chi connectivity index (χ4v) is 3.24. The van der Waals surface area contributed by atoms with Crippen LogP contribution in [0.4, 0.5) is 0 Å². The summed E-state index contributed by atoms with van der Waals surface area (Å²) in [5.41, 5.74) is 0. The number of nitrogens with zero attached hydrogens (tertiary/aromatic N) is 4. The third kappa shape index (κ3) is 2.86. The number of aromatic nitrogens is 3. The van der Waals surface area contributed by atoms with E-state index in [2.05, 4.69) is 43.0 Å². The molecule has 2 aromatic rings. The molecule has 19 heavy (non-hydrogen) atoms. The van der Waals surface area contributed by atoms with Gasteiger partial charge in [-0.2, -0.15) is 4.98 Å². The van der Waals surface area contributed by atoms with E-state index in [1.165, 1.54) is 11.3 Å². The zero-order chi connectivity index (χ0) is 13.4. The highest BCUT2D eigenvalue weighted by Gasteiger charge is 2.29. The molecule has 1 aliphatic rings. The first-order chi connectivity index (χ1) is 9.11. The topological polar surface area (TPSA) is 64.3 Å². The third-order valence-corrected chi connectivity index (χ3v) is 4.30. The second-order valence-electron chi connectivity index (χ2n) is 4.58. The normalized spacial score (nSPS) is 24.8. The average Bonchev–Trinajstić information content (AvgIpc) is 2.95. The summed E-state index contributed by atoms with van der Waals surface area (Å²) >= 11 is 4.84. The molecule has 0 bridgehead atoms. The molecule has 8 heteroatoms. The van der Waals surface area contributed by atoms with E-state index < -0.39 is 0 Å². The molecule has 0 unspecified atom stereocenters. The van der Waals surface area contributed by atoms with Gasteiger partial charge in [0.1, 0.15) is 6.10 Å². The number of halogens is 1. The summed E-state index contributed by atoms with van der Waals surface area (Å²) in [4.78, 5) is 10.8. The summed E-state index contributed by atoms with van der Waals surface area (Å²) in [6, 6.07) is 0. The number of hydrogen-bond donors (Lipinski definition) is 0. The summed E-state index contributed by atoms with van der Waals surface area (Å²) in [6.07, 6.45) is 1.72. The third-order valence-electron chi connectivity index (χ3n) is 2.83. The van der Waals surface area contributed by atoms with E-state index in [0.29, 0.717) is 11.7 Å². The van der Waals surface area contributed by atoms with Crippen LogP contribution in [0, 0.1) is 0 Å². The first kappa shape index (κ1) is 13.2. The minimum absolute atomic E-state index is 0.160. The standard InChI is InChI=1S/C11H13BrN4O2S/c1-6-4-16(2)5-7(17-6)10-14-9(15-18-10)11-13-3-8(12)19-11/h3,6-7H,4-5H2,1-2H3/t6-,7-/m1/s1. The lowest BCUT2D eigenvalue weighted by atomic mass is 10.2. The number of rotatable bonds is 2. The molecule has 1 aliphatic heterocycles. The second-order valence-corrected chi connectivity index (χ2v) is 6.99. The van der Waals surface area contributed by atoms with Gasteiger partial charge >= 0.3 is 0 Å². The van der Waals surface area contributed by atoms with Crippen LogP contribution in [0.3, 0.4) is 0 Å². The van der Waals surface area contributed by atoms with E-state index in [1.807, 2.05) is 6.92 Å². The Labute approximate surface area is 122 Å². The molecule has 0 aromatic carbocycles. The largest absolute Gasteiger partial charge is 0.363 e. The zero-order valence-corrected chi connectivity index (χ0v) is 12.9. The van der Waals surface area contributed by atoms with E-state index >= 15 is 0 Å². The average molecular weight is 345 g/mol. The first-order valence-corrected chi connectivity index (χ1v) is 7.52. The highest BCUT2D eigenvalue weighted by atomic mass is 79.9. The second kappa shape index (κ2) is 5.28. The van der Waals surface area contributed by atoms with Crippen LogP contribution in [-0.4, -0.2) is 46.3 Å². The van der Waals surface area contributed by atoms with Gasteiger partial charge in [0, 0.05) is 13.1 Å². The van der Waals surface area contributed by atoms with Gasteiger partial charge in [-0.15, -0.1) is 11.3 Å². The lowest BCUT2D eigenvalue weighted by molar-refractivity contribution is -0.0838. The number of morpholine rings is 1. The number of thiazole rings is 1. The van der Waals surface area contributed by atoms with Crippen LogP contribution < -0.4 is 0 Å². The summed E-state index contributed by atoms with van der Waals surface area (Å²) in [7, 11) is 2.06. The van der Waals surface area contributed by atoms with Crippen molar-refractivity contribution < 1.29 is 9.26 Å². The van der Waals surface area contributed by atoms with Crippen molar-refractivity contribution in [3.63, 3.8) is 0 Å². The van der Waals surface area contributed by atoms with E-state index in [4.69, 9.17) is 9.26 Å². The molecule has 3 heterocycles. The van der Waals surface area contributed by atoms with Gasteiger partial charge in [-0.25, -0.2) is 4.98 Å². The summed E-state index contributed by atoms with van der Waals surface area (Å²) < 4.78 is 12.1. The molecule has 0 radical (unpaired) electrons. The molecule has 3 rings (SSSR count). The summed E-state index contributed by atoms with van der Waals surface area (Å²) in [5.74, 6) is 1.02. The molecular weight excluding hydrogens is 332 g/mol. The fraction of sp³-hybridized carbons (Fsp3) is 0.545. The van der Waals surface area contributed by atoms with E-state index in [1.54, 1.807) is 6.20 Å². The maximum Gasteiger partial charge on any atom is 0.257 e. The van der Waals surface area contributed by atoms with Crippen molar-refractivity contribution in [2.24, 2.45) is 0 Å². The van der Waals surface area contributed by atoms with Crippen molar-refractivity contribution in [1.82, 2.24) is 20.0 Å². The molecule has 2 aromatic heterocycles. The predicted molar refractivity (Wildman–Crippen MR) is 73.9 cm³/mol. The summed E-state index contributed by atoms with van der Waals surface area (Å²) in [6.45, 7) is 3.71. The van der Waals surface area contributed by atoms with E-state index in [0.717, 1.165) is 21.9 Å². The van der Waals surface area contributed by atoms with Gasteiger partial charge < -0.3 is 14.2 Å². The molecule has 1 fully saturated rings. The molecule has 2 atom stereocenters. The minimum atomic E-state index is -0.168. The molecule has 0 spiro atoms. The lowest BCUT2D eigenvalue weighted by Crippen LogP contribution is -2.40. The molecule has 0 aliphatic carbocycles.